The molecule has 206 valence electrons. The van der Waals surface area contributed by atoms with Gasteiger partial charge in [0.25, 0.3) is 0 Å². The molecular weight excluding hydrogens is 534 g/mol. The van der Waals surface area contributed by atoms with Gasteiger partial charge in [0.1, 0.15) is 0 Å². The first kappa shape index (κ1) is 25.8. The Labute approximate surface area is 256 Å². The zero-order chi connectivity index (χ0) is 29.3. The van der Waals surface area contributed by atoms with Crippen molar-refractivity contribution < 1.29 is 0 Å². The maximum atomic E-state index is 5.15. The van der Waals surface area contributed by atoms with Crippen LogP contribution < -0.4 is 0 Å². The molecule has 6 aromatic carbocycles. The molecule has 3 heteroatoms. The predicted octanol–water partition coefficient (Wildman–Crippen LogP) is 10.5. The number of benzene rings is 6. The number of hydrogen-bond acceptors (Lipinski definition) is 3. The van der Waals surface area contributed by atoms with E-state index in [4.69, 9.17) is 9.97 Å². The largest absolute Gasteiger partial charge is 0.264 e. The molecule has 8 rings (SSSR count). The lowest BCUT2D eigenvalue weighted by Crippen LogP contribution is -1.96. The summed E-state index contributed by atoms with van der Waals surface area (Å²) in [4.78, 5) is 14.6. The van der Waals surface area contributed by atoms with Crippen LogP contribution in [0.1, 0.15) is 0 Å². The second-order valence-corrected chi connectivity index (χ2v) is 11.0. The summed E-state index contributed by atoms with van der Waals surface area (Å²) in [5.74, 6) is 0.700. The van der Waals surface area contributed by atoms with E-state index in [1.807, 2.05) is 12.3 Å². The minimum absolute atomic E-state index is 0.700. The summed E-state index contributed by atoms with van der Waals surface area (Å²) < 4.78 is 0. The fourth-order valence-corrected chi connectivity index (χ4v) is 5.82. The molecule has 8 aromatic rings. The first-order valence-electron chi connectivity index (χ1n) is 14.8. The van der Waals surface area contributed by atoms with Crippen LogP contribution >= 0.6 is 0 Å². The quantitative estimate of drug-likeness (QED) is 0.210. The molecule has 2 aromatic heterocycles. The fourth-order valence-electron chi connectivity index (χ4n) is 5.82. The van der Waals surface area contributed by atoms with Crippen LogP contribution in [0.5, 0.6) is 0 Å². The third-order valence-electron chi connectivity index (χ3n) is 8.13. The second-order valence-electron chi connectivity index (χ2n) is 11.0. The molecule has 0 saturated heterocycles. The van der Waals surface area contributed by atoms with Crippen molar-refractivity contribution in [3.05, 3.63) is 164 Å². The molecule has 2 heterocycles. The highest BCUT2D eigenvalue weighted by atomic mass is 14.9. The van der Waals surface area contributed by atoms with E-state index in [9.17, 15) is 0 Å². The van der Waals surface area contributed by atoms with Crippen LogP contribution in [0.3, 0.4) is 0 Å². The van der Waals surface area contributed by atoms with E-state index >= 15 is 0 Å². The van der Waals surface area contributed by atoms with Crippen LogP contribution in [-0.4, -0.2) is 15.0 Å². The maximum Gasteiger partial charge on any atom is 0.160 e. The fraction of sp³-hybridized carbons (Fsp3) is 0. The third-order valence-corrected chi connectivity index (χ3v) is 8.13. The molecule has 0 bridgehead atoms. The van der Waals surface area contributed by atoms with Crippen LogP contribution in [-0.2, 0) is 0 Å². The average Bonchev–Trinajstić information content (AvgIpc) is 3.11. The minimum Gasteiger partial charge on any atom is -0.264 e. The van der Waals surface area contributed by atoms with Crippen molar-refractivity contribution in [2.45, 2.75) is 0 Å². The van der Waals surface area contributed by atoms with Gasteiger partial charge < -0.3 is 0 Å². The molecular formula is C41H27N3. The van der Waals surface area contributed by atoms with E-state index in [-0.39, 0.29) is 0 Å². The standard InChI is InChI=1S/C41H27N3/c1-3-10-30-22-34(19-17-28(30)8-1)32-12-5-14-35(23-32)39-26-40(36-15-6-13-33(24-36)38-16-7-21-42-27-38)44-41(43-39)37-20-18-29-9-2-4-11-31(29)25-37/h1-27H. The zero-order valence-electron chi connectivity index (χ0n) is 23.9. The Morgan fingerprint density at radius 1 is 0.318 bits per heavy atom. The van der Waals surface area contributed by atoms with E-state index in [0.29, 0.717) is 5.82 Å². The molecule has 0 saturated carbocycles. The summed E-state index contributed by atoms with van der Waals surface area (Å²) >= 11 is 0. The van der Waals surface area contributed by atoms with Gasteiger partial charge in [0.15, 0.2) is 5.82 Å². The molecule has 0 unspecified atom stereocenters. The summed E-state index contributed by atoms with van der Waals surface area (Å²) in [6.07, 6.45) is 3.69. The van der Waals surface area contributed by atoms with Crippen LogP contribution in [0.2, 0.25) is 0 Å². The van der Waals surface area contributed by atoms with Gasteiger partial charge in [0.2, 0.25) is 0 Å². The molecule has 0 aliphatic rings. The average molecular weight is 562 g/mol. The van der Waals surface area contributed by atoms with Crippen molar-refractivity contribution in [3.8, 4) is 56.2 Å². The minimum atomic E-state index is 0.700. The first-order chi connectivity index (χ1) is 21.8. The Morgan fingerprint density at radius 2 is 0.818 bits per heavy atom. The lowest BCUT2D eigenvalue weighted by Gasteiger charge is -2.12. The highest BCUT2D eigenvalue weighted by Gasteiger charge is 2.13. The summed E-state index contributed by atoms with van der Waals surface area (Å²) in [6, 6.07) is 53.2. The Morgan fingerprint density at radius 3 is 1.43 bits per heavy atom. The number of fused-ring (bicyclic) bond motifs is 2. The van der Waals surface area contributed by atoms with E-state index in [0.717, 1.165) is 50.2 Å². The molecule has 0 aliphatic carbocycles. The summed E-state index contributed by atoms with van der Waals surface area (Å²) in [6.45, 7) is 0. The van der Waals surface area contributed by atoms with E-state index in [1.54, 1.807) is 6.20 Å². The molecule has 44 heavy (non-hydrogen) atoms. The van der Waals surface area contributed by atoms with Gasteiger partial charge in [-0.3, -0.25) is 4.98 Å². The smallest absolute Gasteiger partial charge is 0.160 e. The van der Waals surface area contributed by atoms with Crippen LogP contribution in [0.25, 0.3) is 77.7 Å². The van der Waals surface area contributed by atoms with Gasteiger partial charge in [0, 0.05) is 34.6 Å². The molecule has 0 N–H and O–H groups in total. The van der Waals surface area contributed by atoms with E-state index < -0.39 is 0 Å². The Bertz CT molecular complexity index is 2290. The van der Waals surface area contributed by atoms with E-state index in [1.165, 1.54) is 21.7 Å². The van der Waals surface area contributed by atoms with Gasteiger partial charge in [-0.2, -0.15) is 0 Å². The maximum absolute atomic E-state index is 5.15. The van der Waals surface area contributed by atoms with Gasteiger partial charge >= 0.3 is 0 Å². The van der Waals surface area contributed by atoms with Crippen LogP contribution in [0.4, 0.5) is 0 Å². The highest BCUT2D eigenvalue weighted by Crippen LogP contribution is 2.33. The normalized spacial score (nSPS) is 11.2. The molecule has 0 radical (unpaired) electrons. The number of nitrogens with zero attached hydrogens (tertiary/aromatic N) is 3. The van der Waals surface area contributed by atoms with Gasteiger partial charge in [0.05, 0.1) is 11.4 Å². The second kappa shape index (κ2) is 11.0. The van der Waals surface area contributed by atoms with Gasteiger partial charge in [-0.25, -0.2) is 9.97 Å². The summed E-state index contributed by atoms with van der Waals surface area (Å²) in [5, 5.41) is 4.82. The van der Waals surface area contributed by atoms with Crippen molar-refractivity contribution in [2.75, 3.05) is 0 Å². The van der Waals surface area contributed by atoms with Gasteiger partial charge in [-0.15, -0.1) is 0 Å². The number of rotatable bonds is 5. The number of aromatic nitrogens is 3. The Balaban J connectivity index is 1.28. The molecule has 0 atom stereocenters. The Kier molecular flexibility index (Phi) is 6.47. The topological polar surface area (TPSA) is 38.7 Å². The first-order valence-corrected chi connectivity index (χ1v) is 14.8. The molecule has 3 nitrogen and oxygen atoms in total. The van der Waals surface area contributed by atoms with Gasteiger partial charge in [-0.1, -0.05) is 115 Å². The SMILES string of the molecule is c1cncc(-c2cccc(-c3cc(-c4cccc(-c5ccc6ccccc6c5)c4)nc(-c4ccc5ccccc5c4)n3)c2)c1. The van der Waals surface area contributed by atoms with Gasteiger partial charge in [-0.05, 0) is 74.6 Å². The monoisotopic (exact) mass is 561 g/mol. The Hall–Kier alpha value is -5.93. The summed E-state index contributed by atoms with van der Waals surface area (Å²) in [7, 11) is 0. The molecule has 0 fully saturated rings. The van der Waals surface area contributed by atoms with Crippen molar-refractivity contribution >= 4 is 21.5 Å². The molecule has 0 aliphatic heterocycles. The third kappa shape index (κ3) is 5.01. The van der Waals surface area contributed by atoms with Crippen molar-refractivity contribution in [3.63, 3.8) is 0 Å². The van der Waals surface area contributed by atoms with Crippen LogP contribution in [0, 0.1) is 0 Å². The van der Waals surface area contributed by atoms with Crippen molar-refractivity contribution in [1.29, 1.82) is 0 Å². The predicted molar refractivity (Wildman–Crippen MR) is 182 cm³/mol. The lowest BCUT2D eigenvalue weighted by atomic mass is 9.98. The highest BCUT2D eigenvalue weighted by molar-refractivity contribution is 5.89. The van der Waals surface area contributed by atoms with Crippen LogP contribution in [0.15, 0.2) is 164 Å². The lowest BCUT2D eigenvalue weighted by molar-refractivity contribution is 1.18. The van der Waals surface area contributed by atoms with Crippen molar-refractivity contribution in [1.82, 2.24) is 15.0 Å². The zero-order valence-corrected chi connectivity index (χ0v) is 23.9. The summed E-state index contributed by atoms with van der Waals surface area (Å²) in [5.41, 5.74) is 9.32. The van der Waals surface area contributed by atoms with Crippen molar-refractivity contribution in [2.24, 2.45) is 0 Å². The molecule has 0 amide bonds. The number of pyridine rings is 1. The van der Waals surface area contributed by atoms with E-state index in [2.05, 4.69) is 151 Å². The number of hydrogen-bond donors (Lipinski definition) is 0. The molecule has 0 spiro atoms.